The summed E-state index contributed by atoms with van der Waals surface area (Å²) in [6, 6.07) is 6.48. The molecule has 1 rings (SSSR count). The molecule has 0 radical (unpaired) electrons. The van der Waals surface area contributed by atoms with Gasteiger partial charge in [0.2, 0.25) is 5.91 Å². The number of carbonyl (C=O) groups excluding carboxylic acids is 2. The monoisotopic (exact) mass is 224 g/mol. The van der Waals surface area contributed by atoms with Gasteiger partial charge in [-0.05, 0) is 18.2 Å². The third kappa shape index (κ3) is 3.58. The number of methoxy groups -OCH3 is 1. The molecule has 2 amide bonds. The highest BCUT2D eigenvalue weighted by Gasteiger charge is 2.03. The second-order valence-corrected chi connectivity index (χ2v) is 2.90. The Labute approximate surface area is 92.2 Å². The van der Waals surface area contributed by atoms with Crippen molar-refractivity contribution in [1.82, 2.24) is 0 Å². The van der Waals surface area contributed by atoms with E-state index in [0.717, 1.165) is 0 Å². The van der Waals surface area contributed by atoms with Crippen molar-refractivity contribution >= 4 is 23.4 Å². The van der Waals surface area contributed by atoms with E-state index < -0.39 is 18.6 Å². The van der Waals surface area contributed by atoms with Crippen molar-refractivity contribution in [1.29, 1.82) is 0 Å². The lowest BCUT2D eigenvalue weighted by Gasteiger charge is -2.06. The fourth-order valence-corrected chi connectivity index (χ4v) is 1.04. The van der Waals surface area contributed by atoms with Crippen LogP contribution in [0.3, 0.4) is 0 Å². The van der Waals surface area contributed by atoms with Crippen molar-refractivity contribution in [3.63, 3.8) is 0 Å². The number of aliphatic hydroxyl groups excluding tert-OH is 1. The summed E-state index contributed by atoms with van der Waals surface area (Å²) in [4.78, 5) is 21.8. The lowest BCUT2D eigenvalue weighted by molar-refractivity contribution is -0.118. The maximum atomic E-state index is 10.9. The summed E-state index contributed by atoms with van der Waals surface area (Å²) in [5.74, 6) is -0.518. The first kappa shape index (κ1) is 12.0. The number of rotatable bonds is 3. The van der Waals surface area contributed by atoms with Crippen LogP contribution in [0.4, 0.5) is 16.2 Å². The summed E-state index contributed by atoms with van der Waals surface area (Å²) in [6.07, 6.45) is -0.592. The zero-order valence-electron chi connectivity index (χ0n) is 8.69. The molecule has 0 heterocycles. The highest BCUT2D eigenvalue weighted by Crippen LogP contribution is 2.14. The number of anilines is 2. The van der Waals surface area contributed by atoms with Gasteiger partial charge in [-0.25, -0.2) is 4.79 Å². The number of aliphatic hydroxyl groups is 1. The first-order valence-electron chi connectivity index (χ1n) is 4.51. The maximum Gasteiger partial charge on any atom is 0.411 e. The molecule has 0 saturated heterocycles. The van der Waals surface area contributed by atoms with Crippen LogP contribution in [0.1, 0.15) is 0 Å². The normalized spacial score (nSPS) is 9.38. The number of ether oxygens (including phenoxy) is 1. The Bertz CT molecular complexity index is 359. The zero-order valence-corrected chi connectivity index (χ0v) is 8.69. The van der Waals surface area contributed by atoms with Gasteiger partial charge in [-0.3, -0.25) is 10.1 Å². The van der Waals surface area contributed by atoms with E-state index in [1.165, 1.54) is 7.11 Å². The summed E-state index contributed by atoms with van der Waals surface area (Å²) in [6.45, 7) is -0.589. The molecule has 0 atom stereocenters. The molecule has 0 bridgehead atoms. The van der Waals surface area contributed by atoms with E-state index in [0.29, 0.717) is 11.4 Å². The third-order valence-corrected chi connectivity index (χ3v) is 1.72. The molecule has 1 aromatic carbocycles. The molecule has 0 saturated carbocycles. The fourth-order valence-electron chi connectivity index (χ4n) is 1.04. The Kier molecular flexibility index (Phi) is 4.28. The molecule has 0 aromatic heterocycles. The van der Waals surface area contributed by atoms with E-state index in [2.05, 4.69) is 15.4 Å². The third-order valence-electron chi connectivity index (χ3n) is 1.72. The number of carbonyl (C=O) groups is 2. The van der Waals surface area contributed by atoms with Crippen LogP contribution < -0.4 is 10.6 Å². The Morgan fingerprint density at radius 1 is 1.31 bits per heavy atom. The number of amides is 2. The molecule has 0 aliphatic carbocycles. The molecule has 6 nitrogen and oxygen atoms in total. The van der Waals surface area contributed by atoms with Gasteiger partial charge < -0.3 is 15.2 Å². The van der Waals surface area contributed by atoms with Gasteiger partial charge in [-0.2, -0.15) is 0 Å². The molecule has 1 aromatic rings. The first-order chi connectivity index (χ1) is 7.65. The molecular weight excluding hydrogens is 212 g/mol. The van der Waals surface area contributed by atoms with Crippen LogP contribution in [0.5, 0.6) is 0 Å². The molecule has 86 valence electrons. The number of nitrogens with one attached hydrogen (secondary N) is 2. The van der Waals surface area contributed by atoms with Gasteiger partial charge in [-0.15, -0.1) is 0 Å². The van der Waals surface area contributed by atoms with Crippen molar-refractivity contribution in [2.45, 2.75) is 0 Å². The van der Waals surface area contributed by atoms with Crippen molar-refractivity contribution < 1.29 is 19.4 Å². The lowest BCUT2D eigenvalue weighted by atomic mass is 10.3. The predicted octanol–water partition coefficient (Wildman–Crippen LogP) is 0.796. The minimum Gasteiger partial charge on any atom is -0.453 e. The first-order valence-corrected chi connectivity index (χ1v) is 4.51. The van der Waals surface area contributed by atoms with Crippen LogP contribution >= 0.6 is 0 Å². The largest absolute Gasteiger partial charge is 0.453 e. The van der Waals surface area contributed by atoms with Crippen LogP contribution in [0.15, 0.2) is 24.3 Å². The molecule has 0 aliphatic rings. The van der Waals surface area contributed by atoms with Gasteiger partial charge in [0, 0.05) is 11.4 Å². The lowest BCUT2D eigenvalue weighted by Crippen LogP contribution is -2.16. The standard InChI is InChI=1S/C10H12N2O4/c1-16-10(15)12-8-4-2-3-7(5-8)11-9(14)6-13/h2-5,13H,6H2,1H3,(H,11,14)(H,12,15). The van der Waals surface area contributed by atoms with Crippen molar-refractivity contribution in [3.05, 3.63) is 24.3 Å². The van der Waals surface area contributed by atoms with Crippen molar-refractivity contribution in [2.24, 2.45) is 0 Å². The van der Waals surface area contributed by atoms with E-state index in [-0.39, 0.29) is 0 Å². The molecule has 3 N–H and O–H groups in total. The van der Waals surface area contributed by atoms with E-state index >= 15 is 0 Å². The Morgan fingerprint density at radius 3 is 2.50 bits per heavy atom. The minimum atomic E-state index is -0.592. The van der Waals surface area contributed by atoms with Gasteiger partial charge in [0.25, 0.3) is 0 Å². The van der Waals surface area contributed by atoms with E-state index in [9.17, 15) is 9.59 Å². The van der Waals surface area contributed by atoms with Gasteiger partial charge in [-0.1, -0.05) is 6.07 Å². The second-order valence-electron chi connectivity index (χ2n) is 2.90. The minimum absolute atomic E-state index is 0.480. The Balaban J connectivity index is 2.71. The molecule has 0 unspecified atom stereocenters. The van der Waals surface area contributed by atoms with E-state index in [1.54, 1.807) is 24.3 Å². The van der Waals surface area contributed by atoms with Gasteiger partial charge in [0.05, 0.1) is 7.11 Å². The summed E-state index contributed by atoms with van der Waals surface area (Å²) in [5.41, 5.74) is 0.968. The SMILES string of the molecule is COC(=O)Nc1cccc(NC(=O)CO)c1. The van der Waals surface area contributed by atoms with Crippen LogP contribution in [0.25, 0.3) is 0 Å². The van der Waals surface area contributed by atoms with Crippen LogP contribution in [-0.4, -0.2) is 30.8 Å². The van der Waals surface area contributed by atoms with Crippen LogP contribution in [0.2, 0.25) is 0 Å². The zero-order chi connectivity index (χ0) is 12.0. The summed E-state index contributed by atoms with van der Waals surface area (Å²) >= 11 is 0. The van der Waals surface area contributed by atoms with Crippen LogP contribution in [0, 0.1) is 0 Å². The topological polar surface area (TPSA) is 87.7 Å². The van der Waals surface area contributed by atoms with Crippen molar-refractivity contribution in [2.75, 3.05) is 24.4 Å². The highest BCUT2D eigenvalue weighted by atomic mass is 16.5. The van der Waals surface area contributed by atoms with E-state index in [1.807, 2.05) is 0 Å². The Hall–Kier alpha value is -2.08. The average molecular weight is 224 g/mol. The highest BCUT2D eigenvalue weighted by molar-refractivity contribution is 5.93. The second kappa shape index (κ2) is 5.72. The molecule has 6 heteroatoms. The number of hydrogen-bond acceptors (Lipinski definition) is 4. The van der Waals surface area contributed by atoms with Crippen molar-refractivity contribution in [3.8, 4) is 0 Å². The molecule has 0 fully saturated rings. The predicted molar refractivity (Wildman–Crippen MR) is 58.2 cm³/mol. The van der Waals surface area contributed by atoms with Gasteiger partial charge in [0.15, 0.2) is 0 Å². The summed E-state index contributed by atoms with van der Waals surface area (Å²) < 4.78 is 4.42. The smallest absolute Gasteiger partial charge is 0.411 e. The number of benzene rings is 1. The number of hydrogen-bond donors (Lipinski definition) is 3. The van der Waals surface area contributed by atoms with E-state index in [4.69, 9.17) is 5.11 Å². The summed E-state index contributed by atoms with van der Waals surface area (Å²) in [7, 11) is 1.26. The summed E-state index contributed by atoms with van der Waals surface area (Å²) in [5, 5.41) is 13.4. The quantitative estimate of drug-likeness (QED) is 0.708. The maximum absolute atomic E-state index is 10.9. The van der Waals surface area contributed by atoms with Crippen LogP contribution in [-0.2, 0) is 9.53 Å². The van der Waals surface area contributed by atoms with Gasteiger partial charge >= 0.3 is 6.09 Å². The molecule has 16 heavy (non-hydrogen) atoms. The van der Waals surface area contributed by atoms with Gasteiger partial charge in [0.1, 0.15) is 6.61 Å². The Morgan fingerprint density at radius 2 is 1.94 bits per heavy atom. The molecule has 0 aliphatic heterocycles. The fraction of sp³-hybridized carbons (Fsp3) is 0.200. The molecule has 0 spiro atoms. The molecular formula is C10H12N2O4. The average Bonchev–Trinajstić information content (AvgIpc) is 2.29.